The van der Waals surface area contributed by atoms with E-state index in [0.717, 1.165) is 26.7 Å². The number of benzene rings is 3. The summed E-state index contributed by atoms with van der Waals surface area (Å²) in [5.41, 5.74) is 7.38. The first-order valence-electron chi connectivity index (χ1n) is 8.18. The van der Waals surface area contributed by atoms with Gasteiger partial charge in [-0.15, -0.1) is 0 Å². The van der Waals surface area contributed by atoms with Crippen LogP contribution in [-0.4, -0.2) is 26.5 Å². The quantitative estimate of drug-likeness (QED) is 0.536. The minimum Gasteiger partial charge on any atom is -0.488 e. The molecule has 4 rings (SSSR count). The number of rotatable bonds is 5. The Labute approximate surface area is 160 Å². The molecule has 8 heteroatoms. The Kier molecular flexibility index (Phi) is 4.67. The van der Waals surface area contributed by atoms with Gasteiger partial charge in [0, 0.05) is 16.1 Å². The first-order chi connectivity index (χ1) is 13.2. The average molecular weight is 379 g/mol. The molecule has 0 radical (unpaired) electrons. The Balaban J connectivity index is 1.72. The number of nitrogen functional groups attached to an aromatic ring is 1. The van der Waals surface area contributed by atoms with Crippen LogP contribution in [0.4, 0.5) is 5.95 Å². The summed E-state index contributed by atoms with van der Waals surface area (Å²) in [5.74, 6) is 0.772. The zero-order chi connectivity index (χ0) is 18.6. The van der Waals surface area contributed by atoms with Gasteiger partial charge in [-0.05, 0) is 33.3 Å². The van der Waals surface area contributed by atoms with Crippen LogP contribution < -0.4 is 10.5 Å². The van der Waals surface area contributed by atoms with E-state index in [1.165, 1.54) is 0 Å². The predicted octanol–water partition coefficient (Wildman–Crippen LogP) is 3.52. The number of nitrogens with zero attached hydrogens (tertiary/aromatic N) is 5. The molecule has 0 unspecified atom stereocenters. The van der Waals surface area contributed by atoms with E-state index in [4.69, 9.17) is 22.1 Å². The van der Waals surface area contributed by atoms with Crippen molar-refractivity contribution in [2.75, 3.05) is 5.73 Å². The number of hydrogen-bond donors (Lipinski definition) is 1. The average Bonchev–Trinajstić information content (AvgIpc) is 3.10. The number of anilines is 1. The van der Waals surface area contributed by atoms with Gasteiger partial charge in [0.15, 0.2) is 0 Å². The third-order valence-corrected chi connectivity index (χ3v) is 4.41. The molecule has 0 aliphatic rings. The van der Waals surface area contributed by atoms with Crippen LogP contribution >= 0.6 is 11.6 Å². The highest BCUT2D eigenvalue weighted by Crippen LogP contribution is 2.28. The minimum atomic E-state index is 0.102. The smallest absolute Gasteiger partial charge is 0.263 e. The fourth-order valence-corrected chi connectivity index (χ4v) is 2.88. The summed E-state index contributed by atoms with van der Waals surface area (Å²) in [7, 11) is 0. The molecule has 1 heterocycles. The standard InChI is InChI=1S/C19H15ClN6O/c20-17-8-4-2-6-14(17)12-27-18-10-9-13-5-1-3-7-15(13)16(18)11-22-26-19(21)23-24-25-26/h1-11H,12H2,(H2,21,23,25)/b22-11-. The minimum absolute atomic E-state index is 0.102. The third-order valence-electron chi connectivity index (χ3n) is 4.04. The molecule has 0 bridgehead atoms. The van der Waals surface area contributed by atoms with Crippen molar-refractivity contribution in [1.82, 2.24) is 20.3 Å². The van der Waals surface area contributed by atoms with E-state index in [9.17, 15) is 0 Å². The second kappa shape index (κ2) is 7.43. The number of hydrogen-bond acceptors (Lipinski definition) is 6. The highest BCUT2D eigenvalue weighted by atomic mass is 35.5. The molecule has 27 heavy (non-hydrogen) atoms. The van der Waals surface area contributed by atoms with Gasteiger partial charge in [-0.25, -0.2) is 0 Å². The van der Waals surface area contributed by atoms with Gasteiger partial charge in [0.05, 0.1) is 6.21 Å². The van der Waals surface area contributed by atoms with Crippen LogP contribution in [0.15, 0.2) is 65.8 Å². The van der Waals surface area contributed by atoms with E-state index in [0.29, 0.717) is 17.4 Å². The molecule has 0 amide bonds. The van der Waals surface area contributed by atoms with Gasteiger partial charge in [0.2, 0.25) is 0 Å². The van der Waals surface area contributed by atoms with Gasteiger partial charge in [0.1, 0.15) is 12.4 Å². The first-order valence-corrected chi connectivity index (χ1v) is 8.56. The Bertz CT molecular complexity index is 1120. The molecule has 0 atom stereocenters. The summed E-state index contributed by atoms with van der Waals surface area (Å²) in [6.07, 6.45) is 1.64. The highest BCUT2D eigenvalue weighted by molar-refractivity contribution is 6.31. The molecule has 134 valence electrons. The number of tetrazole rings is 1. The van der Waals surface area contributed by atoms with Crippen LogP contribution in [0.1, 0.15) is 11.1 Å². The van der Waals surface area contributed by atoms with E-state index in [1.54, 1.807) is 6.21 Å². The van der Waals surface area contributed by atoms with Crippen LogP contribution in [0.5, 0.6) is 5.75 Å². The Morgan fingerprint density at radius 3 is 2.70 bits per heavy atom. The molecule has 0 aliphatic heterocycles. The molecule has 0 spiro atoms. The molecule has 4 aromatic rings. The van der Waals surface area contributed by atoms with Crippen molar-refractivity contribution in [2.24, 2.45) is 5.10 Å². The van der Waals surface area contributed by atoms with Gasteiger partial charge >= 0.3 is 0 Å². The lowest BCUT2D eigenvalue weighted by Gasteiger charge is -2.12. The maximum Gasteiger partial charge on any atom is 0.263 e. The van der Waals surface area contributed by atoms with E-state index in [-0.39, 0.29) is 5.95 Å². The number of halogens is 1. The van der Waals surface area contributed by atoms with Crippen LogP contribution in [0, 0.1) is 0 Å². The van der Waals surface area contributed by atoms with E-state index in [2.05, 4.69) is 20.6 Å². The molecule has 0 aliphatic carbocycles. The number of ether oxygens (including phenoxy) is 1. The lowest BCUT2D eigenvalue weighted by molar-refractivity contribution is 0.306. The number of aromatic nitrogens is 4. The second-order valence-electron chi connectivity index (χ2n) is 5.75. The second-order valence-corrected chi connectivity index (χ2v) is 6.16. The van der Waals surface area contributed by atoms with E-state index >= 15 is 0 Å². The Hall–Kier alpha value is -3.45. The molecule has 0 saturated carbocycles. The van der Waals surface area contributed by atoms with Crippen LogP contribution in [0.2, 0.25) is 5.02 Å². The largest absolute Gasteiger partial charge is 0.488 e. The van der Waals surface area contributed by atoms with Crippen molar-refractivity contribution < 1.29 is 4.74 Å². The van der Waals surface area contributed by atoms with Crippen molar-refractivity contribution in [3.8, 4) is 5.75 Å². The number of fused-ring (bicyclic) bond motifs is 1. The third kappa shape index (κ3) is 3.58. The zero-order valence-corrected chi connectivity index (χ0v) is 14.9. The van der Waals surface area contributed by atoms with Gasteiger partial charge < -0.3 is 10.5 Å². The molecular weight excluding hydrogens is 364 g/mol. The fourth-order valence-electron chi connectivity index (χ4n) is 2.69. The predicted molar refractivity (Wildman–Crippen MR) is 105 cm³/mol. The lowest BCUT2D eigenvalue weighted by Crippen LogP contribution is -2.02. The molecule has 0 saturated heterocycles. The van der Waals surface area contributed by atoms with Crippen LogP contribution in [0.25, 0.3) is 10.8 Å². The maximum absolute atomic E-state index is 6.23. The topological polar surface area (TPSA) is 91.2 Å². The van der Waals surface area contributed by atoms with Crippen molar-refractivity contribution in [3.05, 3.63) is 76.8 Å². The lowest BCUT2D eigenvalue weighted by atomic mass is 10.0. The fraction of sp³-hybridized carbons (Fsp3) is 0.0526. The Morgan fingerprint density at radius 2 is 1.89 bits per heavy atom. The monoisotopic (exact) mass is 378 g/mol. The summed E-state index contributed by atoms with van der Waals surface area (Å²) in [6, 6.07) is 19.4. The summed E-state index contributed by atoms with van der Waals surface area (Å²) >= 11 is 6.23. The van der Waals surface area contributed by atoms with Gasteiger partial charge in [-0.3, -0.25) is 0 Å². The van der Waals surface area contributed by atoms with Gasteiger partial charge in [-0.1, -0.05) is 70.0 Å². The highest BCUT2D eigenvalue weighted by Gasteiger charge is 2.09. The van der Waals surface area contributed by atoms with Crippen LogP contribution in [-0.2, 0) is 6.61 Å². The summed E-state index contributed by atoms with van der Waals surface area (Å²) in [5, 5.41) is 17.8. The maximum atomic E-state index is 6.23. The molecule has 1 aromatic heterocycles. The van der Waals surface area contributed by atoms with Crippen molar-refractivity contribution >= 4 is 34.5 Å². The van der Waals surface area contributed by atoms with Gasteiger partial charge in [-0.2, -0.15) is 5.10 Å². The summed E-state index contributed by atoms with van der Waals surface area (Å²) in [4.78, 5) is 1.15. The van der Waals surface area contributed by atoms with Crippen molar-refractivity contribution in [1.29, 1.82) is 0 Å². The molecule has 0 fully saturated rings. The zero-order valence-electron chi connectivity index (χ0n) is 14.2. The number of nitrogens with two attached hydrogens (primary N) is 1. The Morgan fingerprint density at radius 1 is 1.07 bits per heavy atom. The SMILES string of the molecule is Nc1nnnn1/N=C\c1c(OCc2ccccc2Cl)ccc2ccccc12. The molecule has 2 N–H and O–H groups in total. The van der Waals surface area contributed by atoms with Gasteiger partial charge in [0.25, 0.3) is 5.95 Å². The molecular formula is C19H15ClN6O. The van der Waals surface area contributed by atoms with Crippen molar-refractivity contribution in [3.63, 3.8) is 0 Å². The van der Waals surface area contributed by atoms with Crippen LogP contribution in [0.3, 0.4) is 0 Å². The summed E-state index contributed by atoms with van der Waals surface area (Å²) < 4.78 is 6.04. The molecule has 3 aromatic carbocycles. The normalized spacial score (nSPS) is 11.3. The van der Waals surface area contributed by atoms with E-state index < -0.39 is 0 Å². The summed E-state index contributed by atoms with van der Waals surface area (Å²) in [6.45, 7) is 0.339. The van der Waals surface area contributed by atoms with E-state index in [1.807, 2.05) is 60.7 Å². The molecule has 7 nitrogen and oxygen atoms in total. The first kappa shape index (κ1) is 17.0. The van der Waals surface area contributed by atoms with Crippen molar-refractivity contribution in [2.45, 2.75) is 6.61 Å².